The molecule has 4 aromatic rings. The standard InChI is InChI=1S/C26H20N2O5S/c1-32-17-10-6-9-16(13-17)22-21(23(29)15-7-4-3-5-8-15)24(30)25(31)28(22)26-27-19-12-11-18(33-2)14-20(19)34-26/h3-14,22,29H,1-2H3/b23-21+. The highest BCUT2D eigenvalue weighted by Gasteiger charge is 2.48. The van der Waals surface area contributed by atoms with Crippen LogP contribution in [-0.4, -0.2) is 36.0 Å². The summed E-state index contributed by atoms with van der Waals surface area (Å²) < 4.78 is 11.5. The number of hydrogen-bond acceptors (Lipinski definition) is 7. The number of ketones is 1. The Hall–Kier alpha value is -4.17. The summed E-state index contributed by atoms with van der Waals surface area (Å²) in [4.78, 5) is 32.6. The van der Waals surface area contributed by atoms with Crippen LogP contribution in [0.4, 0.5) is 5.13 Å². The molecule has 1 aliphatic heterocycles. The minimum Gasteiger partial charge on any atom is -0.507 e. The van der Waals surface area contributed by atoms with E-state index in [2.05, 4.69) is 4.98 Å². The Kier molecular flexibility index (Phi) is 5.51. The summed E-state index contributed by atoms with van der Waals surface area (Å²) >= 11 is 1.27. The van der Waals surface area contributed by atoms with Crippen molar-refractivity contribution in [2.75, 3.05) is 19.1 Å². The van der Waals surface area contributed by atoms with Crippen LogP contribution >= 0.6 is 11.3 Å². The minimum atomic E-state index is -0.877. The van der Waals surface area contributed by atoms with Crippen molar-refractivity contribution in [3.63, 3.8) is 0 Å². The van der Waals surface area contributed by atoms with Gasteiger partial charge in [0.1, 0.15) is 17.3 Å². The maximum atomic E-state index is 13.3. The van der Waals surface area contributed by atoms with E-state index in [0.717, 1.165) is 4.70 Å². The van der Waals surface area contributed by atoms with Gasteiger partial charge in [-0.3, -0.25) is 14.5 Å². The average molecular weight is 473 g/mol. The maximum absolute atomic E-state index is 13.3. The number of nitrogens with zero attached hydrogens (tertiary/aromatic N) is 2. The lowest BCUT2D eigenvalue weighted by Gasteiger charge is -2.23. The second-order valence-electron chi connectivity index (χ2n) is 7.64. The van der Waals surface area contributed by atoms with Gasteiger partial charge in [-0.15, -0.1) is 0 Å². The Morgan fingerprint density at radius 1 is 0.941 bits per heavy atom. The van der Waals surface area contributed by atoms with E-state index in [1.54, 1.807) is 74.9 Å². The maximum Gasteiger partial charge on any atom is 0.301 e. The van der Waals surface area contributed by atoms with Crippen molar-refractivity contribution in [3.8, 4) is 11.5 Å². The van der Waals surface area contributed by atoms with Crippen molar-refractivity contribution < 1.29 is 24.2 Å². The van der Waals surface area contributed by atoms with E-state index in [-0.39, 0.29) is 11.3 Å². The largest absolute Gasteiger partial charge is 0.507 e. The number of aliphatic hydroxyl groups is 1. The predicted octanol–water partition coefficient (Wildman–Crippen LogP) is 4.94. The van der Waals surface area contributed by atoms with Crippen molar-refractivity contribution >= 4 is 44.1 Å². The zero-order valence-electron chi connectivity index (χ0n) is 18.4. The van der Waals surface area contributed by atoms with E-state index in [1.807, 2.05) is 12.1 Å². The summed E-state index contributed by atoms with van der Waals surface area (Å²) in [6.45, 7) is 0. The summed E-state index contributed by atoms with van der Waals surface area (Å²) in [5.74, 6) is -0.533. The molecule has 2 heterocycles. The second-order valence-corrected chi connectivity index (χ2v) is 8.65. The molecule has 7 nitrogen and oxygen atoms in total. The molecule has 1 unspecified atom stereocenters. The van der Waals surface area contributed by atoms with Gasteiger partial charge in [0, 0.05) is 5.56 Å². The van der Waals surface area contributed by atoms with E-state index >= 15 is 0 Å². The van der Waals surface area contributed by atoms with Crippen LogP contribution in [0.15, 0.2) is 78.4 Å². The molecule has 0 bridgehead atoms. The molecule has 1 N–H and O–H groups in total. The molecule has 8 heteroatoms. The Bertz CT molecular complexity index is 1440. The third kappa shape index (κ3) is 3.58. The van der Waals surface area contributed by atoms with E-state index in [4.69, 9.17) is 9.47 Å². The number of rotatable bonds is 5. The van der Waals surface area contributed by atoms with E-state index < -0.39 is 17.7 Å². The van der Waals surface area contributed by atoms with Crippen molar-refractivity contribution in [1.82, 2.24) is 4.98 Å². The first-order valence-corrected chi connectivity index (χ1v) is 11.3. The first kappa shape index (κ1) is 21.7. The number of Topliss-reactive ketones (excluding diaryl/α,β-unsaturated/α-hetero) is 1. The number of aromatic nitrogens is 1. The summed E-state index contributed by atoms with van der Waals surface area (Å²) in [5, 5.41) is 11.5. The molecule has 170 valence electrons. The molecule has 5 rings (SSSR count). The first-order valence-electron chi connectivity index (χ1n) is 10.5. The van der Waals surface area contributed by atoms with Gasteiger partial charge in [-0.2, -0.15) is 0 Å². The molecule has 0 saturated carbocycles. The van der Waals surface area contributed by atoms with Gasteiger partial charge in [0.25, 0.3) is 5.78 Å². The number of ether oxygens (including phenoxy) is 2. The van der Waals surface area contributed by atoms with Gasteiger partial charge >= 0.3 is 5.91 Å². The number of fused-ring (bicyclic) bond motifs is 1. The van der Waals surface area contributed by atoms with E-state index in [1.165, 1.54) is 16.2 Å². The summed E-state index contributed by atoms with van der Waals surface area (Å²) in [6, 6.07) is 20.3. The van der Waals surface area contributed by atoms with Crippen molar-refractivity contribution in [1.29, 1.82) is 0 Å². The van der Waals surface area contributed by atoms with Crippen LogP contribution in [0.2, 0.25) is 0 Å². The highest BCUT2D eigenvalue weighted by atomic mass is 32.1. The number of amides is 1. The molecule has 1 aliphatic rings. The monoisotopic (exact) mass is 472 g/mol. The first-order chi connectivity index (χ1) is 16.5. The van der Waals surface area contributed by atoms with Crippen molar-refractivity contribution in [3.05, 3.63) is 89.5 Å². The van der Waals surface area contributed by atoms with Gasteiger partial charge in [0.05, 0.1) is 36.1 Å². The second kappa shape index (κ2) is 8.64. The van der Waals surface area contributed by atoms with Gasteiger partial charge in [0.15, 0.2) is 5.13 Å². The third-order valence-corrected chi connectivity index (χ3v) is 6.71. The molecule has 3 aromatic carbocycles. The van der Waals surface area contributed by atoms with Crippen LogP contribution in [0.3, 0.4) is 0 Å². The minimum absolute atomic E-state index is 0.00119. The summed E-state index contributed by atoms with van der Waals surface area (Å²) in [6.07, 6.45) is 0. The number of thiazole rings is 1. The molecular formula is C26H20N2O5S. The van der Waals surface area contributed by atoms with Crippen LogP contribution in [0.1, 0.15) is 17.2 Å². The van der Waals surface area contributed by atoms with Crippen LogP contribution in [0, 0.1) is 0 Å². The van der Waals surface area contributed by atoms with Gasteiger partial charge < -0.3 is 14.6 Å². The fourth-order valence-electron chi connectivity index (χ4n) is 4.03. The van der Waals surface area contributed by atoms with Gasteiger partial charge in [-0.25, -0.2) is 4.98 Å². The fraction of sp³-hybridized carbons (Fsp3) is 0.115. The van der Waals surface area contributed by atoms with Crippen LogP contribution in [0.25, 0.3) is 16.0 Å². The number of hydrogen-bond donors (Lipinski definition) is 1. The molecule has 0 spiro atoms. The zero-order valence-corrected chi connectivity index (χ0v) is 19.2. The molecule has 1 atom stereocenters. The highest BCUT2D eigenvalue weighted by Crippen LogP contribution is 2.45. The molecule has 34 heavy (non-hydrogen) atoms. The quantitative estimate of drug-likeness (QED) is 0.251. The van der Waals surface area contributed by atoms with E-state index in [0.29, 0.717) is 33.3 Å². The molecule has 1 saturated heterocycles. The molecular weight excluding hydrogens is 452 g/mol. The van der Waals surface area contributed by atoms with E-state index in [9.17, 15) is 14.7 Å². The number of benzene rings is 3. The predicted molar refractivity (Wildman–Crippen MR) is 130 cm³/mol. The topological polar surface area (TPSA) is 89.0 Å². The lowest BCUT2D eigenvalue weighted by atomic mass is 9.95. The lowest BCUT2D eigenvalue weighted by Crippen LogP contribution is -2.29. The zero-order chi connectivity index (χ0) is 23.8. The average Bonchev–Trinajstić information content (AvgIpc) is 3.41. The summed E-state index contributed by atoms with van der Waals surface area (Å²) in [5.41, 5.74) is 1.74. The third-order valence-electron chi connectivity index (χ3n) is 5.69. The molecule has 1 aromatic heterocycles. The number of carbonyl (C=O) groups excluding carboxylic acids is 2. The Morgan fingerprint density at radius 2 is 1.68 bits per heavy atom. The Balaban J connectivity index is 1.73. The number of anilines is 1. The van der Waals surface area contributed by atoms with Gasteiger partial charge in [0.2, 0.25) is 0 Å². The number of carbonyl (C=O) groups is 2. The summed E-state index contributed by atoms with van der Waals surface area (Å²) in [7, 11) is 3.12. The normalized spacial score (nSPS) is 17.4. The van der Waals surface area contributed by atoms with Gasteiger partial charge in [-0.1, -0.05) is 53.8 Å². The van der Waals surface area contributed by atoms with Crippen LogP contribution < -0.4 is 14.4 Å². The lowest BCUT2D eigenvalue weighted by molar-refractivity contribution is -0.132. The Morgan fingerprint density at radius 3 is 2.41 bits per heavy atom. The smallest absolute Gasteiger partial charge is 0.301 e. The van der Waals surface area contributed by atoms with Crippen LogP contribution in [0.5, 0.6) is 11.5 Å². The van der Waals surface area contributed by atoms with Gasteiger partial charge in [-0.05, 0) is 35.9 Å². The molecule has 0 aliphatic carbocycles. The van der Waals surface area contributed by atoms with Crippen molar-refractivity contribution in [2.24, 2.45) is 0 Å². The highest BCUT2D eigenvalue weighted by molar-refractivity contribution is 7.22. The molecule has 1 fully saturated rings. The molecule has 1 amide bonds. The SMILES string of the molecule is COc1cccc(C2/C(=C(\O)c3ccccc3)C(=O)C(=O)N2c2nc3ccc(OC)cc3s2)c1. The fourth-order valence-corrected chi connectivity index (χ4v) is 5.05. The van der Waals surface area contributed by atoms with Crippen molar-refractivity contribution in [2.45, 2.75) is 6.04 Å². The van der Waals surface area contributed by atoms with Crippen LogP contribution in [-0.2, 0) is 9.59 Å². The molecule has 0 radical (unpaired) electrons. The number of methoxy groups -OCH3 is 2. The Labute approximate surface area is 199 Å². The number of aliphatic hydroxyl groups excluding tert-OH is 1.